The van der Waals surface area contributed by atoms with E-state index in [4.69, 9.17) is 103 Å². The van der Waals surface area contributed by atoms with Gasteiger partial charge in [-0.05, 0) is 177 Å². The highest BCUT2D eigenvalue weighted by Gasteiger charge is 2.22. The quantitative estimate of drug-likeness (QED) is 0.0230. The van der Waals surface area contributed by atoms with Crippen LogP contribution in [0.1, 0.15) is 95.6 Å². The smallest absolute Gasteiger partial charge is 0.356 e. The van der Waals surface area contributed by atoms with E-state index < -0.39 is 10.9 Å². The first kappa shape index (κ1) is 93.3. The molecule has 0 saturated carbocycles. The largest absolute Gasteiger partial charge is 0.504 e. The molecule has 0 aliphatic carbocycles. The van der Waals surface area contributed by atoms with E-state index in [0.29, 0.717) is 131 Å². The summed E-state index contributed by atoms with van der Waals surface area (Å²) < 4.78 is 58.4. The Morgan fingerprint density at radius 1 is 0.530 bits per heavy atom. The molecule has 0 radical (unpaired) electrons. The zero-order valence-corrected chi connectivity index (χ0v) is 69.4. The Bertz CT molecular complexity index is 4490. The normalized spacial score (nSPS) is 12.7. The number of benzene rings is 9. The van der Waals surface area contributed by atoms with Crippen LogP contribution in [0.25, 0.3) is 6.08 Å². The lowest BCUT2D eigenvalue weighted by molar-refractivity contribution is -0.400. The fraction of sp³-hybridized carbons (Fsp3) is 0.291. The van der Waals surface area contributed by atoms with Crippen molar-refractivity contribution in [3.63, 3.8) is 0 Å². The van der Waals surface area contributed by atoms with Gasteiger partial charge in [-0.3, -0.25) is 29.5 Å². The Kier molecular flexibility index (Phi) is 44.0. The van der Waals surface area contributed by atoms with Gasteiger partial charge in [0, 0.05) is 57.6 Å². The molecule has 0 fully saturated rings. The molecule has 115 heavy (non-hydrogen) atoms. The fourth-order valence-electron chi connectivity index (χ4n) is 10.8. The van der Waals surface area contributed by atoms with Gasteiger partial charge in [0.15, 0.2) is 69.0 Å². The lowest BCUT2D eigenvalue weighted by Gasteiger charge is -2.23. The van der Waals surface area contributed by atoms with E-state index in [9.17, 15) is 29.3 Å². The fourth-order valence-corrected chi connectivity index (χ4v) is 10.9. The summed E-state index contributed by atoms with van der Waals surface area (Å²) >= 11 is 20.8. The van der Waals surface area contributed by atoms with Crippen molar-refractivity contribution in [3.8, 4) is 69.0 Å². The molecule has 29 heteroatoms. The molecule has 15 rings (SSSR count). The van der Waals surface area contributed by atoms with E-state index in [0.717, 1.165) is 106 Å². The van der Waals surface area contributed by atoms with Gasteiger partial charge in [-0.25, -0.2) is 4.79 Å². The van der Waals surface area contributed by atoms with Crippen LogP contribution in [0, 0.1) is 10.1 Å². The van der Waals surface area contributed by atoms with Gasteiger partial charge in [-0.15, -0.1) is 23.2 Å². The van der Waals surface area contributed by atoms with Gasteiger partial charge in [0.2, 0.25) is 6.20 Å². The molecule has 9 aromatic carbocycles. The average molecular weight is 1770 g/mol. The number of alkyl halides is 4. The number of aldehydes is 2. The first-order valence-electron chi connectivity index (χ1n) is 36.8. The molecule has 0 saturated heterocycles. The van der Waals surface area contributed by atoms with E-state index in [1.807, 2.05) is 78.9 Å². The van der Waals surface area contributed by atoms with Crippen LogP contribution in [-0.4, -0.2) is 172 Å². The third-order valence-corrected chi connectivity index (χ3v) is 18.4. The summed E-state index contributed by atoms with van der Waals surface area (Å²) in [5.41, 5.74) is 15.3. The maximum Gasteiger partial charge on any atom is 0.356 e. The van der Waals surface area contributed by atoms with Crippen LogP contribution in [0.4, 0.5) is 0 Å². The maximum atomic E-state index is 11.9. The second-order valence-electron chi connectivity index (χ2n) is 24.1. The van der Waals surface area contributed by atoms with Gasteiger partial charge in [-0.1, -0.05) is 138 Å². The zero-order valence-electron chi connectivity index (χ0n) is 64.0. The van der Waals surface area contributed by atoms with E-state index in [-0.39, 0.29) is 22.7 Å². The Balaban J connectivity index is 0.000000206. The number of aromatic hydroxyl groups is 2. The molecule has 6 aliphatic heterocycles. The number of nitro groups is 1. The summed E-state index contributed by atoms with van der Waals surface area (Å²) in [5, 5.41) is 32.9. The first-order valence-corrected chi connectivity index (χ1v) is 40.4. The third kappa shape index (κ3) is 33.4. The molecule has 612 valence electrons. The van der Waals surface area contributed by atoms with E-state index >= 15 is 0 Å². The Labute approximate surface area is 701 Å². The van der Waals surface area contributed by atoms with Crippen LogP contribution >= 0.6 is 66.9 Å². The van der Waals surface area contributed by atoms with Crippen LogP contribution in [0.3, 0.4) is 0 Å². The molecule has 6 heterocycles. The predicted octanol–water partition coefficient (Wildman–Crippen LogP) is 16.7. The number of carbonyl (C=O) groups excluding carboxylic acids is 4. The number of hydrogen-bond donors (Lipinski definition) is 4. The number of nitrogens with zero attached hydrogens (tertiary/aromatic N) is 3. The summed E-state index contributed by atoms with van der Waals surface area (Å²) in [6.45, 7) is 18.1. The van der Waals surface area contributed by atoms with Crippen LogP contribution in [-0.2, 0) is 23.6 Å². The predicted molar refractivity (Wildman–Crippen MR) is 455 cm³/mol. The average Bonchev–Trinajstić information content (AvgIpc) is 0.789. The van der Waals surface area contributed by atoms with Crippen molar-refractivity contribution in [2.45, 2.75) is 40.0 Å². The minimum Gasteiger partial charge on any atom is -0.504 e. The summed E-state index contributed by atoms with van der Waals surface area (Å²) in [4.78, 5) is 59.8. The van der Waals surface area contributed by atoms with Gasteiger partial charge in [-0.2, -0.15) is 0 Å². The molecular formula is C86H94Br2Cl3N5O19. The van der Waals surface area contributed by atoms with Crippen LogP contribution in [0.5, 0.6) is 69.0 Å². The second-order valence-corrected chi connectivity index (χ2v) is 26.6. The van der Waals surface area contributed by atoms with E-state index in [2.05, 4.69) is 91.4 Å². The van der Waals surface area contributed by atoms with Gasteiger partial charge in [0.05, 0.1) is 21.5 Å². The Morgan fingerprint density at radius 3 is 1.37 bits per heavy atom. The Morgan fingerprint density at radius 2 is 0.930 bits per heavy atom. The number of phenolic OH excluding ortho intramolecular Hbond substituents is 2. The molecule has 0 bridgehead atoms. The van der Waals surface area contributed by atoms with Crippen molar-refractivity contribution in [3.05, 3.63) is 266 Å². The van der Waals surface area contributed by atoms with Gasteiger partial charge >= 0.3 is 5.97 Å². The number of phenols is 2. The summed E-state index contributed by atoms with van der Waals surface area (Å²) in [6, 6.07) is 58.4. The van der Waals surface area contributed by atoms with Crippen molar-refractivity contribution >= 4 is 103 Å². The molecule has 9 aromatic rings. The summed E-state index contributed by atoms with van der Waals surface area (Å²) in [7, 11) is 0. The van der Waals surface area contributed by atoms with Crippen LogP contribution in [0.2, 0.25) is 0 Å². The first-order chi connectivity index (χ1) is 56.0. The molecule has 1 amide bonds. The molecule has 0 atom stereocenters. The standard InChI is InChI=1S/C17H17NO3.C17H15NO2.C10H9NO4.C10H13NO2.C9H8O3.C7H5ClO2.C7H6O3.C6H15N.C2H4Br2.CH2Cl2/c19-17(14-4-2-1-3-5-14)18-9-8-13-6-7-15-16(12-13)21-11-10-20-15;1-2-4-12(5-3-1)17-14-11-16-15(19-8-9-20-16)10-13(14)6-7-18-17;12-11(13)4-3-8-1-2-9-10(7-8)15-6-5-14-9;11-4-3-8-1-2-9-10(7-8)13-6-5-12-9;10-6-7-1-2-8-9(5-7)12-4-3-11-8;8-10-7(9)6-4-2-1-3-5-6;8-4-5-1-2-6(9)7(10)3-5;1-4-7(5-2)6-3;3-1-2-4;2-1-3/h1-7,12H,8-11H2,(H,18,19);1-5,10-11H,6-9H2;1-4,7H,5-6H2;1-2,7H,3-6,11H2;1-2,5-6H,3-4H2;1-5H;1-4,9-10H;4-6H2,1-3H3;1-2H2;1H2/b;;4-3+;;;;;;;. The maximum absolute atomic E-state index is 11.9. The number of nitrogens with one attached hydrogen (secondary N) is 1. The highest BCUT2D eigenvalue weighted by molar-refractivity contribution is 9.11. The highest BCUT2D eigenvalue weighted by Crippen LogP contribution is 2.37. The number of ether oxygens (including phenoxy) is 10. The van der Waals surface area contributed by atoms with Crippen molar-refractivity contribution in [1.82, 2.24) is 10.2 Å². The number of halogens is 5. The van der Waals surface area contributed by atoms with Gasteiger partial charge in [0.25, 0.3) is 5.91 Å². The molecule has 24 nitrogen and oxygen atoms in total. The molecule has 6 aliphatic rings. The number of aliphatic imine (C=N–C) groups is 1. The van der Waals surface area contributed by atoms with Gasteiger partial charge in [0.1, 0.15) is 90.5 Å². The lowest BCUT2D eigenvalue weighted by atomic mass is 9.92. The third-order valence-electron chi connectivity index (χ3n) is 16.4. The highest BCUT2D eigenvalue weighted by atomic mass is 79.9. The molecule has 0 unspecified atom stereocenters. The minimum absolute atomic E-state index is 0.0480. The lowest BCUT2D eigenvalue weighted by Crippen LogP contribution is -2.25. The number of nitrogens with two attached hydrogens (primary N) is 1. The second kappa shape index (κ2) is 54.2. The number of fused-ring (bicyclic) bond motifs is 6. The minimum atomic E-state index is -0.526. The van der Waals surface area contributed by atoms with Crippen LogP contribution < -0.4 is 58.4 Å². The monoisotopic (exact) mass is 1760 g/mol. The van der Waals surface area contributed by atoms with E-state index in [1.165, 1.54) is 60.6 Å². The van der Waals surface area contributed by atoms with Crippen LogP contribution in [0.15, 0.2) is 205 Å². The zero-order chi connectivity index (χ0) is 82.8. The van der Waals surface area contributed by atoms with Gasteiger partial charge < -0.3 is 77.8 Å². The molecule has 0 aromatic heterocycles. The molecular weight excluding hydrogens is 1670 g/mol. The number of hydrogen-bond acceptors (Lipinski definition) is 22. The molecule has 5 N–H and O–H groups in total. The summed E-state index contributed by atoms with van der Waals surface area (Å²) in [6.07, 6.45) is 6.30. The number of rotatable bonds is 16. The Hall–Kier alpha value is -10.6. The van der Waals surface area contributed by atoms with Crippen molar-refractivity contribution in [1.29, 1.82) is 0 Å². The summed E-state index contributed by atoms with van der Waals surface area (Å²) in [5.74, 6) is 6.58. The van der Waals surface area contributed by atoms with Crippen molar-refractivity contribution < 1.29 is 86.0 Å². The SMILES string of the molecule is BrCCBr.CCN(CC)CC.ClCCl.NCCc1ccc2c(c1)OCCO2.O=C(NCCc1ccc2c(c1)OCCO2)c1ccccc1.O=C(OCl)c1ccccc1.O=Cc1ccc(O)c(O)c1.O=Cc1ccc2c(c1)OCCO2.O=[N+]([O-])/C=C/c1ccc2c(c1)OCCO2.c1ccc(C2=NCCc3cc4c(cc32)OCCO4)cc1. The number of amides is 1. The number of carbonyl (C=O) groups is 4. The van der Waals surface area contributed by atoms with Crippen molar-refractivity contribution in [2.75, 3.05) is 121 Å². The van der Waals surface area contributed by atoms with Crippen molar-refractivity contribution in [2.24, 2.45) is 10.7 Å². The molecule has 0 spiro atoms. The van der Waals surface area contributed by atoms with E-state index in [1.54, 1.807) is 72.8 Å². The topological polar surface area (TPSA) is 307 Å².